The zero-order valence-electron chi connectivity index (χ0n) is 42.6. The summed E-state index contributed by atoms with van der Waals surface area (Å²) >= 11 is 0. The molecule has 396 valence electrons. The van der Waals surface area contributed by atoms with Crippen LogP contribution in [0.15, 0.2) is 92.0 Å². The monoisotopic (exact) mass is 1040 g/mol. The smallest absolute Gasteiger partial charge is 0.330 e. The van der Waals surface area contributed by atoms with Gasteiger partial charge in [-0.2, -0.15) is 0 Å². The van der Waals surface area contributed by atoms with E-state index in [9.17, 15) is 38.4 Å². The van der Waals surface area contributed by atoms with Crippen LogP contribution in [0.25, 0.3) is 22.3 Å². The fourth-order valence-corrected chi connectivity index (χ4v) is 8.34. The molecule has 0 saturated heterocycles. The Kier molecular flexibility index (Phi) is 18.1. The zero-order chi connectivity index (χ0) is 55.0. The summed E-state index contributed by atoms with van der Waals surface area (Å²) in [5, 5.41) is 7.56. The lowest BCUT2D eigenvalue weighted by molar-refractivity contribution is -0.146. The Morgan fingerprint density at radius 1 is 0.507 bits per heavy atom. The number of rotatable bonds is 20. The molecule has 17 nitrogen and oxygen atoms in total. The summed E-state index contributed by atoms with van der Waals surface area (Å²) in [6.07, 6.45) is 0.586. The van der Waals surface area contributed by atoms with E-state index in [2.05, 4.69) is 16.0 Å². The molecule has 0 saturated carbocycles. The third-order valence-electron chi connectivity index (χ3n) is 12.7. The maximum atomic E-state index is 15.6. The van der Waals surface area contributed by atoms with Crippen LogP contribution >= 0.6 is 0 Å². The van der Waals surface area contributed by atoms with E-state index in [1.165, 1.54) is 37.3 Å². The number of carbonyl (C=O) groups is 4. The van der Waals surface area contributed by atoms with Crippen LogP contribution in [0.2, 0.25) is 0 Å². The maximum Gasteiger partial charge on any atom is 0.330 e. The van der Waals surface area contributed by atoms with E-state index in [-0.39, 0.29) is 61.4 Å². The van der Waals surface area contributed by atoms with E-state index in [1.54, 1.807) is 76.2 Å². The molecule has 2 amide bonds. The van der Waals surface area contributed by atoms with Crippen molar-refractivity contribution >= 4 is 23.8 Å². The van der Waals surface area contributed by atoms with Crippen LogP contribution < -0.4 is 38.4 Å². The summed E-state index contributed by atoms with van der Waals surface area (Å²) in [5.41, 5.74) is -0.563. The van der Waals surface area contributed by atoms with Gasteiger partial charge in [-0.25, -0.2) is 36.7 Å². The Balaban J connectivity index is 1.10. The summed E-state index contributed by atoms with van der Waals surface area (Å²) < 4.78 is 77.4. The molecule has 21 heteroatoms. The van der Waals surface area contributed by atoms with Crippen molar-refractivity contribution in [1.82, 2.24) is 34.2 Å². The van der Waals surface area contributed by atoms with Gasteiger partial charge < -0.3 is 34.6 Å². The summed E-state index contributed by atoms with van der Waals surface area (Å²) in [4.78, 5) is 104. The average molecular weight is 1040 g/mol. The molecule has 0 aliphatic carbocycles. The Morgan fingerprint density at radius 2 is 0.827 bits per heavy atom. The molecule has 0 bridgehead atoms. The minimum atomic E-state index is -1.39. The molecule has 75 heavy (non-hydrogen) atoms. The van der Waals surface area contributed by atoms with E-state index >= 15 is 17.6 Å². The number of aromatic nitrogens is 4. The fourth-order valence-electron chi connectivity index (χ4n) is 8.34. The average Bonchev–Trinajstić information content (AvgIpc) is 3.37. The summed E-state index contributed by atoms with van der Waals surface area (Å²) in [5.74, 6) is -9.30. The van der Waals surface area contributed by atoms with Crippen molar-refractivity contribution in [3.05, 3.63) is 183 Å². The SMILES string of the molecule is CCCOC(=O)C(Cc1ccc(-c2c(C)n(C)c(=O)n(C)c2=O)cc1)NC(=O)c1c(F)cc(CNCc2cc(F)c(C(=O)N[C@@H](Cc3ccc(-c4c(C)n(C)c(=O)n(C)c4=O)cc3)C(=O)OCCC)c(F)c2)cc1F. The highest BCUT2D eigenvalue weighted by Gasteiger charge is 2.29. The molecule has 0 radical (unpaired) electrons. The number of nitrogens with one attached hydrogen (secondary N) is 3. The topological polar surface area (TPSA) is 211 Å². The molecule has 0 spiro atoms. The van der Waals surface area contributed by atoms with Crippen molar-refractivity contribution in [1.29, 1.82) is 0 Å². The van der Waals surface area contributed by atoms with E-state index < -0.39 is 92.7 Å². The highest BCUT2D eigenvalue weighted by molar-refractivity contribution is 5.98. The maximum absolute atomic E-state index is 15.6. The van der Waals surface area contributed by atoms with Gasteiger partial charge in [0, 0.05) is 65.5 Å². The number of esters is 2. The van der Waals surface area contributed by atoms with Gasteiger partial charge in [0.15, 0.2) is 0 Å². The Labute approximate surface area is 427 Å². The third-order valence-corrected chi connectivity index (χ3v) is 12.7. The summed E-state index contributed by atoms with van der Waals surface area (Å²) in [6.45, 7) is 6.28. The lowest BCUT2D eigenvalue weighted by Gasteiger charge is -2.19. The molecule has 4 aromatic carbocycles. The first-order valence-electron chi connectivity index (χ1n) is 23.9. The highest BCUT2D eigenvalue weighted by atomic mass is 19.1. The Hall–Kier alpha value is -8.20. The molecular formula is C54H57F4N7O10. The van der Waals surface area contributed by atoms with E-state index in [4.69, 9.17) is 9.47 Å². The number of benzene rings is 4. The summed E-state index contributed by atoms with van der Waals surface area (Å²) in [6, 6.07) is 13.6. The second-order valence-electron chi connectivity index (χ2n) is 18.0. The molecule has 0 aliphatic rings. The third kappa shape index (κ3) is 12.6. The van der Waals surface area contributed by atoms with Gasteiger partial charge >= 0.3 is 23.3 Å². The standard InChI is InChI=1S/C54H57F4N7O10/c1-9-19-74-51(70)41(25-31-11-15-35(16-12-31)43-29(3)62(5)53(72)64(7)49(43)68)60-47(66)45-37(55)21-33(22-38(45)56)27-59-28-34-23-39(57)46(40(58)24-34)48(67)61-42(52(71)75-20-10-2)26-32-13-17-36(18-14-32)44-30(4)63(6)54(73)65(8)50(44)69/h11-18,21-24,41-42,59H,9-10,19-20,25-28H2,1-8H3,(H,60,66)(H,61,67)/t41-,42?/m0/s1. The van der Waals surface area contributed by atoms with Crippen LogP contribution in [0, 0.1) is 37.1 Å². The molecule has 3 N–H and O–H groups in total. The minimum absolute atomic E-state index is 0.00283. The molecule has 6 rings (SSSR count). The number of hydrogen-bond acceptors (Lipinski definition) is 11. The van der Waals surface area contributed by atoms with Crippen molar-refractivity contribution in [3.63, 3.8) is 0 Å². The molecule has 2 atom stereocenters. The van der Waals surface area contributed by atoms with Gasteiger partial charge in [-0.3, -0.25) is 28.3 Å². The van der Waals surface area contributed by atoms with Gasteiger partial charge in [0.1, 0.15) is 46.5 Å². The van der Waals surface area contributed by atoms with Crippen LogP contribution in [0.5, 0.6) is 0 Å². The van der Waals surface area contributed by atoms with Crippen molar-refractivity contribution in [2.24, 2.45) is 28.2 Å². The Bertz CT molecular complexity index is 3150. The van der Waals surface area contributed by atoms with E-state index in [1.807, 2.05) is 0 Å². The van der Waals surface area contributed by atoms with E-state index in [0.29, 0.717) is 46.5 Å². The van der Waals surface area contributed by atoms with Crippen LogP contribution in [0.1, 0.15) is 81.0 Å². The van der Waals surface area contributed by atoms with E-state index in [0.717, 1.165) is 33.4 Å². The first-order valence-corrected chi connectivity index (χ1v) is 23.9. The molecule has 0 fully saturated rings. The highest BCUT2D eigenvalue weighted by Crippen LogP contribution is 2.23. The quantitative estimate of drug-likeness (QED) is 0.0694. The lowest BCUT2D eigenvalue weighted by atomic mass is 10.00. The number of amides is 2. The van der Waals surface area contributed by atoms with Crippen LogP contribution in [0.4, 0.5) is 17.6 Å². The minimum Gasteiger partial charge on any atom is -0.464 e. The lowest BCUT2D eigenvalue weighted by Crippen LogP contribution is -2.44. The van der Waals surface area contributed by atoms with Gasteiger partial charge in [-0.05, 0) is 84.3 Å². The van der Waals surface area contributed by atoms with Gasteiger partial charge in [-0.1, -0.05) is 62.4 Å². The molecule has 2 heterocycles. The zero-order valence-corrected chi connectivity index (χ0v) is 42.6. The number of ether oxygens (including phenoxy) is 2. The fraction of sp³-hybridized carbons (Fsp3) is 0.333. The molecule has 2 aromatic heterocycles. The second kappa shape index (κ2) is 24.2. The van der Waals surface area contributed by atoms with Crippen molar-refractivity contribution < 1.29 is 46.2 Å². The van der Waals surface area contributed by atoms with Gasteiger partial charge in [0.25, 0.3) is 22.9 Å². The molecule has 6 aromatic rings. The number of hydrogen-bond donors (Lipinski definition) is 3. The predicted octanol–water partition coefficient (Wildman–Crippen LogP) is 4.87. The van der Waals surface area contributed by atoms with Crippen molar-refractivity contribution in [2.75, 3.05) is 13.2 Å². The molecule has 0 aliphatic heterocycles. The van der Waals surface area contributed by atoms with Crippen molar-refractivity contribution in [3.8, 4) is 22.3 Å². The van der Waals surface area contributed by atoms with Crippen LogP contribution in [0.3, 0.4) is 0 Å². The first-order chi connectivity index (χ1) is 35.6. The number of halogens is 4. The Morgan fingerprint density at radius 3 is 1.13 bits per heavy atom. The number of nitrogens with zero attached hydrogens (tertiary/aromatic N) is 4. The van der Waals surface area contributed by atoms with Gasteiger partial charge in [0.2, 0.25) is 0 Å². The normalized spacial score (nSPS) is 12.0. The van der Waals surface area contributed by atoms with Crippen LogP contribution in [-0.2, 0) is 73.2 Å². The first kappa shape index (κ1) is 56.1. The molecule has 1 unspecified atom stereocenters. The second-order valence-corrected chi connectivity index (χ2v) is 18.0. The van der Waals surface area contributed by atoms with Crippen LogP contribution in [-0.4, -0.2) is 67.3 Å². The van der Waals surface area contributed by atoms with Crippen molar-refractivity contribution in [2.45, 2.75) is 78.6 Å². The van der Waals surface area contributed by atoms with Gasteiger partial charge in [0.05, 0.1) is 24.3 Å². The molecular weight excluding hydrogens is 983 g/mol. The summed E-state index contributed by atoms with van der Waals surface area (Å²) in [7, 11) is 5.80. The van der Waals surface area contributed by atoms with Gasteiger partial charge in [-0.15, -0.1) is 0 Å². The predicted molar refractivity (Wildman–Crippen MR) is 270 cm³/mol. The largest absolute Gasteiger partial charge is 0.464 e. The number of carbonyl (C=O) groups excluding carboxylic acids is 4.